The number of hydrogen-bond donors (Lipinski definition) is 1. The third-order valence-corrected chi connectivity index (χ3v) is 4.44. The van der Waals surface area contributed by atoms with Crippen molar-refractivity contribution in [3.05, 3.63) is 39.5 Å². The molecule has 8 heteroatoms. The van der Waals surface area contributed by atoms with Gasteiger partial charge in [-0.25, -0.2) is 9.78 Å². The van der Waals surface area contributed by atoms with Crippen LogP contribution in [-0.2, 0) is 6.42 Å². The minimum atomic E-state index is -0.511. The van der Waals surface area contributed by atoms with Crippen molar-refractivity contribution in [1.82, 2.24) is 19.6 Å². The minimum Gasteiger partial charge on any atom is -0.408 e. The molecule has 0 radical (unpaired) electrons. The maximum Gasteiger partial charge on any atom is 0.417 e. The Morgan fingerprint density at radius 3 is 3.09 bits per heavy atom. The summed E-state index contributed by atoms with van der Waals surface area (Å²) in [5.74, 6) is -0.511. The van der Waals surface area contributed by atoms with Gasteiger partial charge in [-0.2, -0.15) is 9.61 Å². The zero-order valence-corrected chi connectivity index (χ0v) is 12.3. The van der Waals surface area contributed by atoms with Gasteiger partial charge in [0.25, 0.3) is 0 Å². The van der Waals surface area contributed by atoms with E-state index in [9.17, 15) is 9.59 Å². The maximum absolute atomic E-state index is 11.5. The van der Waals surface area contributed by atoms with E-state index in [1.165, 1.54) is 11.3 Å². The average molecular weight is 314 g/mol. The number of carbonyl (C=O) groups excluding carboxylic acids is 1. The highest BCUT2D eigenvalue weighted by Gasteiger charge is 2.18. The molecule has 4 aromatic rings. The Morgan fingerprint density at radius 2 is 2.32 bits per heavy atom. The molecule has 4 rings (SSSR count). The summed E-state index contributed by atoms with van der Waals surface area (Å²) >= 11 is 1.45. The predicted octanol–water partition coefficient (Wildman–Crippen LogP) is 2.27. The molecule has 0 aliphatic heterocycles. The van der Waals surface area contributed by atoms with Gasteiger partial charge in [-0.1, -0.05) is 24.3 Å². The number of H-pyrrole nitrogens is 1. The first-order valence-electron chi connectivity index (χ1n) is 6.66. The molecule has 0 aliphatic rings. The number of aromatic amines is 1. The lowest BCUT2D eigenvalue weighted by molar-refractivity contribution is 0.111. The van der Waals surface area contributed by atoms with Crippen molar-refractivity contribution in [2.24, 2.45) is 0 Å². The zero-order valence-electron chi connectivity index (χ0n) is 11.5. The molecule has 0 fully saturated rings. The van der Waals surface area contributed by atoms with Crippen LogP contribution in [0.3, 0.4) is 0 Å². The van der Waals surface area contributed by atoms with E-state index in [0.29, 0.717) is 33.0 Å². The summed E-state index contributed by atoms with van der Waals surface area (Å²) in [6, 6.07) is 5.20. The van der Waals surface area contributed by atoms with Crippen molar-refractivity contribution >= 4 is 33.7 Å². The monoisotopic (exact) mass is 314 g/mol. The summed E-state index contributed by atoms with van der Waals surface area (Å²) in [5, 5.41) is 5.30. The number of fused-ring (bicyclic) bond motifs is 2. The fourth-order valence-electron chi connectivity index (χ4n) is 2.36. The molecular weight excluding hydrogens is 304 g/mol. The molecule has 1 N–H and O–H groups in total. The lowest BCUT2D eigenvalue weighted by Gasteiger charge is -1.98. The second kappa shape index (κ2) is 4.63. The predicted molar refractivity (Wildman–Crippen MR) is 81.5 cm³/mol. The molecule has 0 amide bonds. The van der Waals surface area contributed by atoms with Crippen LogP contribution in [0.5, 0.6) is 0 Å². The molecule has 7 nitrogen and oxygen atoms in total. The summed E-state index contributed by atoms with van der Waals surface area (Å²) in [7, 11) is 0. The third-order valence-electron chi connectivity index (χ3n) is 3.39. The van der Waals surface area contributed by atoms with Gasteiger partial charge in [-0.3, -0.25) is 9.78 Å². The summed E-state index contributed by atoms with van der Waals surface area (Å²) in [5.41, 5.74) is 2.66. The summed E-state index contributed by atoms with van der Waals surface area (Å²) in [4.78, 5) is 30.4. The number of benzene rings is 1. The van der Waals surface area contributed by atoms with E-state index in [4.69, 9.17) is 4.42 Å². The molecule has 0 aliphatic carbocycles. The third kappa shape index (κ3) is 1.81. The van der Waals surface area contributed by atoms with Gasteiger partial charge in [0.05, 0.1) is 5.52 Å². The molecule has 3 heterocycles. The molecule has 0 bridgehead atoms. The van der Waals surface area contributed by atoms with Gasteiger partial charge < -0.3 is 4.42 Å². The van der Waals surface area contributed by atoms with Gasteiger partial charge in [0.1, 0.15) is 16.4 Å². The first-order chi connectivity index (χ1) is 10.7. The smallest absolute Gasteiger partial charge is 0.408 e. The van der Waals surface area contributed by atoms with Crippen molar-refractivity contribution in [1.29, 1.82) is 0 Å². The number of rotatable bonds is 3. The quantitative estimate of drug-likeness (QED) is 0.585. The average Bonchev–Trinajstić information content (AvgIpc) is 3.15. The van der Waals surface area contributed by atoms with Gasteiger partial charge in [-0.05, 0) is 18.6 Å². The summed E-state index contributed by atoms with van der Waals surface area (Å²) < 4.78 is 6.61. The molecular formula is C14H10N4O3S. The SMILES string of the molecule is CCc1nn2c(C=O)c(-c3ccc4[nH]c(=O)oc4c3)nc2s1. The number of aromatic nitrogens is 4. The molecule has 0 saturated heterocycles. The van der Waals surface area contributed by atoms with Crippen LogP contribution >= 0.6 is 11.3 Å². The molecule has 1 aromatic carbocycles. The fourth-order valence-corrected chi connectivity index (χ4v) is 3.20. The van der Waals surface area contributed by atoms with E-state index in [-0.39, 0.29) is 0 Å². The first-order valence-corrected chi connectivity index (χ1v) is 7.48. The van der Waals surface area contributed by atoms with E-state index in [1.807, 2.05) is 6.92 Å². The number of hydrogen-bond acceptors (Lipinski definition) is 6. The van der Waals surface area contributed by atoms with Crippen LogP contribution in [0.25, 0.3) is 27.3 Å². The van der Waals surface area contributed by atoms with Crippen LogP contribution in [0, 0.1) is 0 Å². The fraction of sp³-hybridized carbons (Fsp3) is 0.143. The largest absolute Gasteiger partial charge is 0.417 e. The van der Waals surface area contributed by atoms with Gasteiger partial charge >= 0.3 is 5.76 Å². The topological polar surface area (TPSA) is 93.3 Å². The minimum absolute atomic E-state index is 0.392. The van der Waals surface area contributed by atoms with E-state index < -0.39 is 5.76 Å². The second-order valence-electron chi connectivity index (χ2n) is 4.73. The Balaban J connectivity index is 1.96. The van der Waals surface area contributed by atoms with E-state index in [1.54, 1.807) is 22.7 Å². The Bertz CT molecular complexity index is 1070. The standard InChI is InChI=1S/C14H10N4O3S/c1-2-11-17-18-9(6-19)12(16-13(18)22-11)7-3-4-8-10(5-7)21-14(20)15-8/h3-6H,2H2,1H3,(H,15,20). The number of nitrogens with zero attached hydrogens (tertiary/aromatic N) is 3. The van der Waals surface area contributed by atoms with Gasteiger partial charge in [0.15, 0.2) is 11.9 Å². The Morgan fingerprint density at radius 1 is 1.45 bits per heavy atom. The molecule has 22 heavy (non-hydrogen) atoms. The van der Waals surface area contributed by atoms with Crippen LogP contribution < -0.4 is 5.76 Å². The Hall–Kier alpha value is -2.74. The number of nitrogens with one attached hydrogen (secondary N) is 1. The highest BCUT2D eigenvalue weighted by Crippen LogP contribution is 2.28. The van der Waals surface area contributed by atoms with Crippen molar-refractivity contribution in [2.75, 3.05) is 0 Å². The highest BCUT2D eigenvalue weighted by atomic mass is 32.1. The number of aryl methyl sites for hydroxylation is 1. The van der Waals surface area contributed by atoms with Crippen LogP contribution in [0.15, 0.2) is 27.4 Å². The molecule has 0 spiro atoms. The van der Waals surface area contributed by atoms with Crippen molar-refractivity contribution < 1.29 is 9.21 Å². The first kappa shape index (κ1) is 13.0. The Labute approximate surface area is 127 Å². The van der Waals surface area contributed by atoms with Gasteiger partial charge in [-0.15, -0.1) is 0 Å². The van der Waals surface area contributed by atoms with E-state index in [2.05, 4.69) is 15.1 Å². The number of carbonyl (C=O) groups is 1. The highest BCUT2D eigenvalue weighted by molar-refractivity contribution is 7.16. The number of oxazole rings is 1. The molecule has 0 unspecified atom stereocenters. The lowest BCUT2D eigenvalue weighted by atomic mass is 10.1. The van der Waals surface area contributed by atoms with Crippen LogP contribution in [-0.4, -0.2) is 25.9 Å². The summed E-state index contributed by atoms with van der Waals surface area (Å²) in [6.45, 7) is 2.00. The number of aldehydes is 1. The van der Waals surface area contributed by atoms with Crippen LogP contribution in [0.2, 0.25) is 0 Å². The van der Waals surface area contributed by atoms with E-state index in [0.717, 1.165) is 17.7 Å². The zero-order chi connectivity index (χ0) is 15.3. The maximum atomic E-state index is 11.5. The second-order valence-corrected chi connectivity index (χ2v) is 5.77. The summed E-state index contributed by atoms with van der Waals surface area (Å²) in [6.07, 6.45) is 1.54. The Kier molecular flexibility index (Phi) is 2.73. The van der Waals surface area contributed by atoms with Gasteiger partial charge in [0.2, 0.25) is 4.96 Å². The number of imidazole rings is 1. The van der Waals surface area contributed by atoms with Crippen LogP contribution in [0.4, 0.5) is 0 Å². The van der Waals surface area contributed by atoms with Crippen molar-refractivity contribution in [2.45, 2.75) is 13.3 Å². The normalized spacial score (nSPS) is 11.5. The molecule has 3 aromatic heterocycles. The van der Waals surface area contributed by atoms with Gasteiger partial charge in [0, 0.05) is 5.56 Å². The molecule has 0 atom stereocenters. The van der Waals surface area contributed by atoms with Crippen LogP contribution in [0.1, 0.15) is 22.4 Å². The molecule has 110 valence electrons. The molecule has 0 saturated carbocycles. The van der Waals surface area contributed by atoms with Crippen molar-refractivity contribution in [3.8, 4) is 11.3 Å². The van der Waals surface area contributed by atoms with E-state index >= 15 is 0 Å². The lowest BCUT2D eigenvalue weighted by Crippen LogP contribution is -1.94. The van der Waals surface area contributed by atoms with Crippen molar-refractivity contribution in [3.63, 3.8) is 0 Å².